The van der Waals surface area contributed by atoms with Crippen molar-refractivity contribution in [1.29, 1.82) is 0 Å². The SMILES string of the molecule is O=C([O-])OBr.[Na+]. The summed E-state index contributed by atoms with van der Waals surface area (Å²) in [5.74, 6) is 0. The van der Waals surface area contributed by atoms with Crippen molar-refractivity contribution in [3.8, 4) is 0 Å². The second-order valence-corrected chi connectivity index (χ2v) is 0.651. The molecule has 0 aromatic heterocycles. The molecule has 30 valence electrons. The molecule has 0 radical (unpaired) electrons. The van der Waals surface area contributed by atoms with Gasteiger partial charge in [-0.1, -0.05) is 0 Å². The number of rotatable bonds is 0. The molecule has 0 aliphatic rings. The third-order valence-corrected chi connectivity index (χ3v) is 0.327. The van der Waals surface area contributed by atoms with E-state index in [0.29, 0.717) is 0 Å². The van der Waals surface area contributed by atoms with Crippen LogP contribution in [-0.4, -0.2) is 6.16 Å². The van der Waals surface area contributed by atoms with Gasteiger partial charge in [0.1, 0.15) is 0 Å². The van der Waals surface area contributed by atoms with E-state index in [1.807, 2.05) is 0 Å². The van der Waals surface area contributed by atoms with E-state index in [0.717, 1.165) is 0 Å². The maximum atomic E-state index is 8.99. The molecule has 0 atom stereocenters. The second-order valence-electron chi connectivity index (χ2n) is 0.327. The predicted octanol–water partition coefficient (Wildman–Crippen LogP) is -3.34. The molecule has 0 rings (SSSR count). The van der Waals surface area contributed by atoms with Crippen molar-refractivity contribution in [3.63, 3.8) is 0 Å². The summed E-state index contributed by atoms with van der Waals surface area (Å²) in [7, 11) is 0. The summed E-state index contributed by atoms with van der Waals surface area (Å²) < 4.78 is 3.37. The summed E-state index contributed by atoms with van der Waals surface area (Å²) in [4.78, 5) is 8.99. The van der Waals surface area contributed by atoms with Crippen LogP contribution in [0, 0.1) is 0 Å². The standard InChI is InChI=1S/CHBrO3.Na/c2-5-1(3)4;/h(H,3,4);/q;+1/p-1. The first-order valence-corrected chi connectivity index (χ1v) is 1.41. The quantitative estimate of drug-likeness (QED) is 0.350. The molecule has 0 saturated heterocycles. The summed E-state index contributed by atoms with van der Waals surface area (Å²) in [5, 5.41) is 8.99. The van der Waals surface area contributed by atoms with Gasteiger partial charge in [0, 0.05) is 0 Å². The van der Waals surface area contributed by atoms with Gasteiger partial charge in [0.15, 0.2) is 0 Å². The van der Waals surface area contributed by atoms with Crippen molar-refractivity contribution >= 4 is 22.4 Å². The Kier molecular flexibility index (Phi) is 9.48. The molecule has 5 heteroatoms. The van der Waals surface area contributed by atoms with Crippen molar-refractivity contribution in [1.82, 2.24) is 0 Å². The minimum Gasteiger partial charge on any atom is -0.473 e. The molecular weight excluding hydrogens is 163 g/mol. The van der Waals surface area contributed by atoms with Crippen LogP contribution in [0.25, 0.3) is 0 Å². The normalized spacial score (nSPS) is 5.50. The van der Waals surface area contributed by atoms with Gasteiger partial charge in [0.05, 0.1) is 16.3 Å². The van der Waals surface area contributed by atoms with Crippen molar-refractivity contribution in [2.75, 3.05) is 0 Å². The van der Waals surface area contributed by atoms with Gasteiger partial charge < -0.3 is 13.7 Å². The Morgan fingerprint density at radius 2 is 2.00 bits per heavy atom. The second kappa shape index (κ2) is 5.75. The van der Waals surface area contributed by atoms with E-state index in [4.69, 9.17) is 9.90 Å². The van der Waals surface area contributed by atoms with Crippen molar-refractivity contribution < 1.29 is 43.3 Å². The van der Waals surface area contributed by atoms with Crippen LogP contribution in [-0.2, 0) is 3.83 Å². The van der Waals surface area contributed by atoms with E-state index in [2.05, 4.69) is 20.1 Å². The van der Waals surface area contributed by atoms with Gasteiger partial charge in [-0.15, -0.1) is 0 Å². The fraction of sp³-hybridized carbons (Fsp3) is 0. The van der Waals surface area contributed by atoms with Crippen LogP contribution in [0.5, 0.6) is 0 Å². The zero-order valence-electron chi connectivity index (χ0n) is 3.10. The minimum atomic E-state index is -1.58. The van der Waals surface area contributed by atoms with Crippen LogP contribution in [0.2, 0.25) is 0 Å². The zero-order valence-corrected chi connectivity index (χ0v) is 6.69. The summed E-state index contributed by atoms with van der Waals surface area (Å²) in [6, 6.07) is 0. The fourth-order valence-corrected chi connectivity index (χ4v) is 0. The largest absolute Gasteiger partial charge is 1.00 e. The number of carbonyl (C=O) groups excluding carboxylic acids is 1. The number of carbonyl (C=O) groups is 1. The molecule has 0 spiro atoms. The molecule has 3 nitrogen and oxygen atoms in total. The number of hydrogen-bond donors (Lipinski definition) is 0. The van der Waals surface area contributed by atoms with Gasteiger partial charge in [-0.25, -0.2) is 0 Å². The summed E-state index contributed by atoms with van der Waals surface area (Å²) in [5.41, 5.74) is 0. The monoisotopic (exact) mass is 162 g/mol. The van der Waals surface area contributed by atoms with E-state index in [1.165, 1.54) is 0 Å². The average Bonchev–Trinajstić information content (AvgIpc) is 1.38. The molecule has 0 heterocycles. The van der Waals surface area contributed by atoms with E-state index >= 15 is 0 Å². The van der Waals surface area contributed by atoms with E-state index in [1.54, 1.807) is 0 Å². The third kappa shape index (κ3) is 8.83. The van der Waals surface area contributed by atoms with Gasteiger partial charge >= 0.3 is 29.6 Å². The summed E-state index contributed by atoms with van der Waals surface area (Å²) in [6.07, 6.45) is -1.58. The Balaban J connectivity index is 0. The van der Waals surface area contributed by atoms with Gasteiger partial charge in [-0.3, -0.25) is 0 Å². The molecule has 6 heavy (non-hydrogen) atoms. The predicted molar refractivity (Wildman–Crippen MR) is 15.4 cm³/mol. The van der Waals surface area contributed by atoms with Crippen LogP contribution in [0.1, 0.15) is 0 Å². The Hall–Kier alpha value is 0.750. The Labute approximate surface area is 65.4 Å². The molecule has 0 aliphatic heterocycles. The number of carboxylic acid groups (broad SMARTS) is 1. The van der Waals surface area contributed by atoms with Crippen LogP contribution >= 0.6 is 16.3 Å². The van der Waals surface area contributed by atoms with Gasteiger partial charge in [-0.05, 0) is 0 Å². The number of halogens is 1. The summed E-state index contributed by atoms with van der Waals surface area (Å²) in [6.45, 7) is 0. The molecule has 0 unspecified atom stereocenters. The first kappa shape index (κ1) is 9.89. The van der Waals surface area contributed by atoms with E-state index in [9.17, 15) is 0 Å². The van der Waals surface area contributed by atoms with Crippen molar-refractivity contribution in [2.24, 2.45) is 0 Å². The van der Waals surface area contributed by atoms with Gasteiger partial charge in [-0.2, -0.15) is 0 Å². The van der Waals surface area contributed by atoms with E-state index in [-0.39, 0.29) is 29.6 Å². The Morgan fingerprint density at radius 3 is 2.00 bits per heavy atom. The molecule has 0 bridgehead atoms. The maximum Gasteiger partial charge on any atom is 1.00 e. The van der Waals surface area contributed by atoms with Crippen LogP contribution < -0.4 is 34.7 Å². The van der Waals surface area contributed by atoms with Crippen molar-refractivity contribution in [2.45, 2.75) is 0 Å². The topological polar surface area (TPSA) is 49.4 Å². The molecule has 0 aliphatic carbocycles. The van der Waals surface area contributed by atoms with Gasteiger partial charge in [0.2, 0.25) is 0 Å². The van der Waals surface area contributed by atoms with Gasteiger partial charge in [0.25, 0.3) is 6.16 Å². The summed E-state index contributed by atoms with van der Waals surface area (Å²) >= 11 is 2.15. The van der Waals surface area contributed by atoms with E-state index < -0.39 is 6.16 Å². The van der Waals surface area contributed by atoms with Crippen LogP contribution in [0.15, 0.2) is 0 Å². The molecule has 0 amide bonds. The molecule has 0 fully saturated rings. The molecule has 0 saturated carbocycles. The minimum absolute atomic E-state index is 0. The first-order valence-electron chi connectivity index (χ1n) is 0.767. The Morgan fingerprint density at radius 1 is 1.83 bits per heavy atom. The molecule has 0 aromatic carbocycles. The first-order chi connectivity index (χ1) is 2.27. The van der Waals surface area contributed by atoms with Crippen LogP contribution in [0.4, 0.5) is 4.79 Å². The molecule has 0 aromatic rings. The maximum absolute atomic E-state index is 8.99. The van der Waals surface area contributed by atoms with Crippen LogP contribution in [0.3, 0.4) is 0 Å². The zero-order chi connectivity index (χ0) is 4.28. The molecule has 0 N–H and O–H groups in total. The number of hydrogen-bond acceptors (Lipinski definition) is 3. The third-order valence-electron chi connectivity index (χ3n) is 0.0630. The average molecular weight is 163 g/mol. The molecular formula is CBrNaO3. The Bertz CT molecular complexity index is 46.1. The smallest absolute Gasteiger partial charge is 0.473 e. The fourth-order valence-electron chi connectivity index (χ4n) is 0. The van der Waals surface area contributed by atoms with Crippen molar-refractivity contribution in [3.05, 3.63) is 0 Å².